The zero-order valence-electron chi connectivity index (χ0n) is 15.2. The summed E-state index contributed by atoms with van der Waals surface area (Å²) in [5.74, 6) is -0.547. The Balaban J connectivity index is 1.63. The Labute approximate surface area is 160 Å². The number of hydrogen-bond donors (Lipinski definition) is 1. The minimum Gasteiger partial charge on any atom is -0.408 e. The molecule has 1 aromatic carbocycles. The second-order valence-corrected chi connectivity index (χ2v) is 8.06. The summed E-state index contributed by atoms with van der Waals surface area (Å²) in [6.07, 6.45) is 5.13. The van der Waals surface area contributed by atoms with Gasteiger partial charge in [-0.2, -0.15) is 5.10 Å². The minimum absolute atomic E-state index is 0.0446. The van der Waals surface area contributed by atoms with Crippen LogP contribution in [0.5, 0.6) is 0 Å². The highest BCUT2D eigenvalue weighted by atomic mass is 32.2. The average molecular weight is 399 g/mol. The van der Waals surface area contributed by atoms with Crippen LogP contribution in [0.15, 0.2) is 63.0 Å². The van der Waals surface area contributed by atoms with Gasteiger partial charge in [0.05, 0.1) is 22.3 Å². The van der Waals surface area contributed by atoms with Gasteiger partial charge in [0.15, 0.2) is 5.58 Å². The van der Waals surface area contributed by atoms with Crippen LogP contribution in [0.2, 0.25) is 0 Å². The Morgan fingerprint density at radius 2 is 2.04 bits per heavy atom. The lowest BCUT2D eigenvalue weighted by molar-refractivity contribution is 0.528. The molecule has 9 nitrogen and oxygen atoms in total. The Kier molecular flexibility index (Phi) is 4.36. The summed E-state index contributed by atoms with van der Waals surface area (Å²) >= 11 is 0. The van der Waals surface area contributed by atoms with Crippen LogP contribution in [-0.2, 0) is 30.7 Å². The molecule has 3 aromatic heterocycles. The van der Waals surface area contributed by atoms with Crippen molar-refractivity contribution < 1.29 is 12.8 Å². The summed E-state index contributed by atoms with van der Waals surface area (Å²) in [7, 11) is -0.485. The van der Waals surface area contributed by atoms with Crippen molar-refractivity contribution >= 4 is 21.1 Å². The predicted molar refractivity (Wildman–Crippen MR) is 102 cm³/mol. The van der Waals surface area contributed by atoms with Crippen LogP contribution in [0.25, 0.3) is 22.4 Å². The number of sulfonamides is 1. The first-order chi connectivity index (χ1) is 13.3. The molecular weight excluding hydrogens is 382 g/mol. The quantitative estimate of drug-likeness (QED) is 0.543. The molecule has 0 fully saturated rings. The molecule has 4 aromatic rings. The van der Waals surface area contributed by atoms with Gasteiger partial charge in [0.1, 0.15) is 0 Å². The maximum atomic E-state index is 12.8. The van der Waals surface area contributed by atoms with E-state index in [2.05, 4.69) is 14.8 Å². The smallest absolute Gasteiger partial charge is 0.408 e. The molecular formula is C18H17N5O4S. The summed E-state index contributed by atoms with van der Waals surface area (Å²) in [4.78, 5) is 16.0. The molecule has 10 heteroatoms. The second-order valence-electron chi connectivity index (χ2n) is 6.29. The van der Waals surface area contributed by atoms with Gasteiger partial charge in [-0.1, -0.05) is 6.07 Å². The lowest BCUT2D eigenvalue weighted by atomic mass is 10.1. The molecule has 0 spiro atoms. The molecule has 4 rings (SSSR count). The zero-order chi connectivity index (χ0) is 19.9. The van der Waals surface area contributed by atoms with Crippen molar-refractivity contribution in [3.63, 3.8) is 0 Å². The molecule has 144 valence electrons. The van der Waals surface area contributed by atoms with Gasteiger partial charge in [0, 0.05) is 38.6 Å². The lowest BCUT2D eigenvalue weighted by Gasteiger charge is -2.10. The van der Waals surface area contributed by atoms with E-state index >= 15 is 0 Å². The van der Waals surface area contributed by atoms with Crippen LogP contribution in [0.3, 0.4) is 0 Å². The number of nitrogens with one attached hydrogen (secondary N) is 1. The first-order valence-electron chi connectivity index (χ1n) is 8.37. The molecule has 0 unspecified atom stereocenters. The molecule has 0 radical (unpaired) electrons. The molecule has 0 aliphatic heterocycles. The summed E-state index contributed by atoms with van der Waals surface area (Å²) in [5, 5.41) is 4.13. The average Bonchev–Trinajstić information content (AvgIpc) is 3.23. The van der Waals surface area contributed by atoms with E-state index in [1.165, 1.54) is 29.8 Å². The molecule has 1 N–H and O–H groups in total. The maximum absolute atomic E-state index is 12.8. The van der Waals surface area contributed by atoms with Gasteiger partial charge in [-0.25, -0.2) is 17.9 Å². The van der Waals surface area contributed by atoms with E-state index in [-0.39, 0.29) is 11.4 Å². The Hall–Kier alpha value is -3.24. The van der Waals surface area contributed by atoms with E-state index in [0.717, 1.165) is 11.1 Å². The Morgan fingerprint density at radius 3 is 2.79 bits per heavy atom. The molecule has 0 bridgehead atoms. The van der Waals surface area contributed by atoms with Gasteiger partial charge in [-0.05, 0) is 29.8 Å². The monoisotopic (exact) mass is 399 g/mol. The van der Waals surface area contributed by atoms with Crippen LogP contribution < -0.4 is 10.5 Å². The summed E-state index contributed by atoms with van der Waals surface area (Å²) < 4.78 is 36.0. The number of fused-ring (bicyclic) bond motifs is 1. The van der Waals surface area contributed by atoms with E-state index in [4.69, 9.17) is 4.42 Å². The summed E-state index contributed by atoms with van der Waals surface area (Å²) in [6.45, 7) is 0.0583. The van der Waals surface area contributed by atoms with E-state index in [1.807, 2.05) is 6.20 Å². The van der Waals surface area contributed by atoms with Crippen molar-refractivity contribution in [2.24, 2.45) is 14.1 Å². The lowest BCUT2D eigenvalue weighted by Crippen LogP contribution is -2.23. The number of aromatic nitrogens is 4. The van der Waals surface area contributed by atoms with Gasteiger partial charge < -0.3 is 4.42 Å². The predicted octanol–water partition coefficient (Wildman–Crippen LogP) is 1.41. The third-order valence-electron chi connectivity index (χ3n) is 4.40. The van der Waals surface area contributed by atoms with Crippen molar-refractivity contribution in [3.05, 3.63) is 65.0 Å². The third-order valence-corrected chi connectivity index (χ3v) is 5.79. The molecule has 0 saturated heterocycles. The fraction of sp³-hybridized carbons (Fsp3) is 0.167. The second kappa shape index (κ2) is 6.73. The van der Waals surface area contributed by atoms with Gasteiger partial charge in [-0.3, -0.25) is 14.2 Å². The van der Waals surface area contributed by atoms with Crippen molar-refractivity contribution in [2.75, 3.05) is 0 Å². The van der Waals surface area contributed by atoms with Crippen LogP contribution >= 0.6 is 0 Å². The molecule has 3 heterocycles. The highest BCUT2D eigenvalue weighted by Crippen LogP contribution is 2.22. The van der Waals surface area contributed by atoms with E-state index in [0.29, 0.717) is 16.8 Å². The van der Waals surface area contributed by atoms with E-state index in [1.54, 1.807) is 36.3 Å². The van der Waals surface area contributed by atoms with Gasteiger partial charge >= 0.3 is 5.76 Å². The number of aryl methyl sites for hydroxylation is 2. The van der Waals surface area contributed by atoms with Crippen molar-refractivity contribution in [1.82, 2.24) is 24.1 Å². The van der Waals surface area contributed by atoms with Crippen LogP contribution in [0, 0.1) is 0 Å². The van der Waals surface area contributed by atoms with Crippen molar-refractivity contribution in [3.8, 4) is 11.3 Å². The van der Waals surface area contributed by atoms with Crippen LogP contribution in [0.1, 0.15) is 5.56 Å². The van der Waals surface area contributed by atoms with Gasteiger partial charge in [0.25, 0.3) is 0 Å². The van der Waals surface area contributed by atoms with Crippen molar-refractivity contribution in [2.45, 2.75) is 11.4 Å². The van der Waals surface area contributed by atoms with Crippen LogP contribution in [-0.4, -0.2) is 27.7 Å². The number of nitrogens with zero attached hydrogens (tertiary/aromatic N) is 4. The van der Waals surface area contributed by atoms with Gasteiger partial charge in [-0.15, -0.1) is 0 Å². The molecule has 28 heavy (non-hydrogen) atoms. The zero-order valence-corrected chi connectivity index (χ0v) is 16.0. The molecule has 0 aliphatic carbocycles. The van der Waals surface area contributed by atoms with E-state index in [9.17, 15) is 13.2 Å². The largest absolute Gasteiger partial charge is 0.419 e. The molecule has 0 atom stereocenters. The normalized spacial score (nSPS) is 11.9. The molecule has 0 aliphatic rings. The highest BCUT2D eigenvalue weighted by molar-refractivity contribution is 7.89. The summed E-state index contributed by atoms with van der Waals surface area (Å²) in [5.41, 5.74) is 2.91. The minimum atomic E-state index is -3.81. The maximum Gasteiger partial charge on any atom is 0.419 e. The number of oxazole rings is 1. The third kappa shape index (κ3) is 3.23. The topological polar surface area (TPSA) is 112 Å². The number of hydrogen-bond acceptors (Lipinski definition) is 6. The fourth-order valence-corrected chi connectivity index (χ4v) is 3.94. The van der Waals surface area contributed by atoms with E-state index < -0.39 is 15.8 Å². The fourth-order valence-electron chi connectivity index (χ4n) is 2.91. The first kappa shape index (κ1) is 18.1. The molecule has 0 saturated carbocycles. The summed E-state index contributed by atoms with van der Waals surface area (Å²) in [6, 6.07) is 7.83. The Bertz CT molecular complexity index is 1330. The highest BCUT2D eigenvalue weighted by Gasteiger charge is 2.18. The van der Waals surface area contributed by atoms with Crippen LogP contribution in [0.4, 0.5) is 0 Å². The first-order valence-corrected chi connectivity index (χ1v) is 9.85. The van der Waals surface area contributed by atoms with Crippen molar-refractivity contribution in [1.29, 1.82) is 0 Å². The Morgan fingerprint density at radius 1 is 1.21 bits per heavy atom. The SMILES string of the molecule is Cn1cc(-c2ncccc2CNS(=O)(=O)c2ccc3oc(=O)n(C)c3c2)cn1. The number of rotatable bonds is 5. The standard InChI is InChI=1S/C18H17N5O4S/c1-22-11-13(9-20-22)17-12(4-3-7-19-17)10-21-28(25,26)14-5-6-16-15(8-14)23(2)18(24)27-16/h3-9,11,21H,10H2,1-2H3. The molecule has 0 amide bonds. The number of benzene rings is 1. The number of pyridine rings is 1. The van der Waals surface area contributed by atoms with Gasteiger partial charge in [0.2, 0.25) is 10.0 Å².